The van der Waals surface area contributed by atoms with E-state index in [1.54, 1.807) is 18.2 Å². The molecule has 0 atom stereocenters. The summed E-state index contributed by atoms with van der Waals surface area (Å²) in [6.45, 7) is 3.92. The normalized spacial score (nSPS) is 20.4. The lowest BCUT2D eigenvalue weighted by atomic mass is 10.2. The second-order valence-corrected chi connectivity index (χ2v) is 10.1. The fraction of sp³-hybridized carbons (Fsp3) is 0.632. The minimum atomic E-state index is -3.58. The fourth-order valence-corrected chi connectivity index (χ4v) is 5.66. The zero-order valence-electron chi connectivity index (χ0n) is 16.2. The first kappa shape index (κ1) is 20.6. The van der Waals surface area contributed by atoms with Crippen molar-refractivity contribution in [3.8, 4) is 0 Å². The van der Waals surface area contributed by atoms with Crippen molar-refractivity contribution in [1.82, 2.24) is 14.1 Å². The van der Waals surface area contributed by atoms with Crippen molar-refractivity contribution in [3.63, 3.8) is 0 Å². The SMILES string of the molecule is CSc1ccc(S(=O)(=O)N2CCN(C)CC2)cc1C(=O)N1CCCCCC1. The van der Waals surface area contributed by atoms with E-state index in [1.165, 1.54) is 16.1 Å². The summed E-state index contributed by atoms with van der Waals surface area (Å²) in [7, 11) is -1.58. The molecule has 3 rings (SSSR count). The molecule has 2 aliphatic rings. The minimum Gasteiger partial charge on any atom is -0.339 e. The first-order chi connectivity index (χ1) is 12.9. The summed E-state index contributed by atoms with van der Waals surface area (Å²) in [5.74, 6) is -0.0447. The number of rotatable bonds is 4. The third-order valence-corrected chi connectivity index (χ3v) is 8.09. The molecule has 150 valence electrons. The van der Waals surface area contributed by atoms with Crippen LogP contribution in [0.5, 0.6) is 0 Å². The van der Waals surface area contributed by atoms with Gasteiger partial charge in [0.25, 0.3) is 5.91 Å². The van der Waals surface area contributed by atoms with Crippen LogP contribution in [0.25, 0.3) is 0 Å². The molecule has 8 heteroatoms. The molecule has 1 aromatic carbocycles. The Hall–Kier alpha value is -1.09. The number of carbonyl (C=O) groups excluding carboxylic acids is 1. The fourth-order valence-electron chi connectivity index (χ4n) is 3.64. The number of piperazine rings is 1. The monoisotopic (exact) mass is 411 g/mol. The van der Waals surface area contributed by atoms with Crippen molar-refractivity contribution in [2.45, 2.75) is 35.5 Å². The van der Waals surface area contributed by atoms with Crippen molar-refractivity contribution >= 4 is 27.7 Å². The molecule has 27 heavy (non-hydrogen) atoms. The molecule has 2 saturated heterocycles. The Balaban J connectivity index is 1.89. The van der Waals surface area contributed by atoms with E-state index in [4.69, 9.17) is 0 Å². The van der Waals surface area contributed by atoms with Crippen LogP contribution in [0.4, 0.5) is 0 Å². The lowest BCUT2D eigenvalue weighted by molar-refractivity contribution is 0.0758. The molecule has 2 aliphatic heterocycles. The molecule has 1 amide bonds. The summed E-state index contributed by atoms with van der Waals surface area (Å²) in [6, 6.07) is 5.00. The Morgan fingerprint density at radius 2 is 1.59 bits per heavy atom. The predicted octanol–water partition coefficient (Wildman–Crippen LogP) is 2.36. The van der Waals surface area contributed by atoms with Crippen molar-refractivity contribution in [2.24, 2.45) is 0 Å². The van der Waals surface area contributed by atoms with Crippen LogP contribution in [0.1, 0.15) is 36.0 Å². The first-order valence-electron chi connectivity index (χ1n) is 9.59. The van der Waals surface area contributed by atoms with Gasteiger partial charge in [0.2, 0.25) is 10.0 Å². The number of likely N-dealkylation sites (tertiary alicyclic amines) is 1. The largest absolute Gasteiger partial charge is 0.339 e. The lowest BCUT2D eigenvalue weighted by Gasteiger charge is -2.31. The zero-order chi connectivity index (χ0) is 19.4. The Morgan fingerprint density at radius 3 is 2.19 bits per heavy atom. The van der Waals surface area contributed by atoms with Crippen molar-refractivity contribution in [2.75, 3.05) is 52.6 Å². The van der Waals surface area contributed by atoms with Crippen LogP contribution < -0.4 is 0 Å². The predicted molar refractivity (Wildman–Crippen MR) is 109 cm³/mol. The number of likely N-dealkylation sites (N-methyl/N-ethyl adjacent to an activating group) is 1. The molecule has 0 spiro atoms. The number of thioether (sulfide) groups is 1. The van der Waals surface area contributed by atoms with E-state index < -0.39 is 10.0 Å². The number of hydrogen-bond donors (Lipinski definition) is 0. The maximum Gasteiger partial charge on any atom is 0.255 e. The summed E-state index contributed by atoms with van der Waals surface area (Å²) < 4.78 is 27.7. The van der Waals surface area contributed by atoms with Gasteiger partial charge in [-0.05, 0) is 44.3 Å². The van der Waals surface area contributed by atoms with Crippen LogP contribution in [0, 0.1) is 0 Å². The van der Waals surface area contributed by atoms with Gasteiger partial charge in [-0.25, -0.2) is 8.42 Å². The average molecular weight is 412 g/mol. The Bertz CT molecular complexity index is 766. The molecule has 0 radical (unpaired) electrons. The molecule has 0 saturated carbocycles. The molecular weight excluding hydrogens is 382 g/mol. The van der Waals surface area contributed by atoms with Gasteiger partial charge < -0.3 is 9.80 Å². The first-order valence-corrected chi connectivity index (χ1v) is 12.3. The Labute approximate surface area is 166 Å². The van der Waals surface area contributed by atoms with Crippen LogP contribution in [0.15, 0.2) is 28.0 Å². The molecular formula is C19H29N3O3S2. The molecule has 0 N–H and O–H groups in total. The zero-order valence-corrected chi connectivity index (χ0v) is 17.8. The maximum absolute atomic E-state index is 13.1. The van der Waals surface area contributed by atoms with Crippen molar-refractivity contribution in [1.29, 1.82) is 0 Å². The lowest BCUT2D eigenvalue weighted by Crippen LogP contribution is -2.47. The van der Waals surface area contributed by atoms with Gasteiger partial charge in [0.1, 0.15) is 0 Å². The number of carbonyl (C=O) groups is 1. The number of amides is 1. The summed E-state index contributed by atoms with van der Waals surface area (Å²) in [6.07, 6.45) is 6.25. The highest BCUT2D eigenvalue weighted by Gasteiger charge is 2.29. The molecule has 0 bridgehead atoms. The average Bonchev–Trinajstić information content (AvgIpc) is 2.96. The highest BCUT2D eigenvalue weighted by Crippen LogP contribution is 2.27. The smallest absolute Gasteiger partial charge is 0.255 e. The van der Waals surface area contributed by atoms with Crippen LogP contribution in [-0.4, -0.2) is 81.0 Å². The second-order valence-electron chi connectivity index (χ2n) is 7.28. The van der Waals surface area contributed by atoms with Crippen LogP contribution in [0.3, 0.4) is 0 Å². The van der Waals surface area contributed by atoms with Gasteiger partial charge in [-0.15, -0.1) is 11.8 Å². The van der Waals surface area contributed by atoms with Crippen LogP contribution in [-0.2, 0) is 10.0 Å². The van der Waals surface area contributed by atoms with Crippen molar-refractivity contribution < 1.29 is 13.2 Å². The Morgan fingerprint density at radius 1 is 0.963 bits per heavy atom. The topological polar surface area (TPSA) is 60.9 Å². The molecule has 2 heterocycles. The number of nitrogens with zero attached hydrogens (tertiary/aromatic N) is 3. The van der Waals surface area contributed by atoms with Crippen LogP contribution >= 0.6 is 11.8 Å². The molecule has 0 aliphatic carbocycles. The van der Waals surface area contributed by atoms with E-state index in [0.717, 1.165) is 56.8 Å². The summed E-state index contributed by atoms with van der Waals surface area (Å²) in [5, 5.41) is 0. The van der Waals surface area contributed by atoms with Gasteiger partial charge in [0.15, 0.2) is 0 Å². The quantitative estimate of drug-likeness (QED) is 0.712. The van der Waals surface area contributed by atoms with E-state index in [1.807, 2.05) is 18.2 Å². The van der Waals surface area contributed by atoms with Gasteiger partial charge >= 0.3 is 0 Å². The summed E-state index contributed by atoms with van der Waals surface area (Å²) in [5.41, 5.74) is 0.514. The maximum atomic E-state index is 13.1. The highest BCUT2D eigenvalue weighted by molar-refractivity contribution is 7.98. The number of sulfonamides is 1. The highest BCUT2D eigenvalue weighted by atomic mass is 32.2. The molecule has 0 aromatic heterocycles. The molecule has 2 fully saturated rings. The minimum absolute atomic E-state index is 0.0447. The molecule has 1 aromatic rings. The second kappa shape index (κ2) is 8.94. The van der Waals surface area contributed by atoms with Crippen molar-refractivity contribution in [3.05, 3.63) is 23.8 Å². The van der Waals surface area contributed by atoms with Gasteiger partial charge in [0, 0.05) is 44.2 Å². The van der Waals surface area contributed by atoms with Gasteiger partial charge in [-0.1, -0.05) is 12.8 Å². The Kier molecular flexibility index (Phi) is 6.83. The van der Waals surface area contributed by atoms with E-state index in [9.17, 15) is 13.2 Å². The standard InChI is InChI=1S/C19H29N3O3S2/c1-20-11-13-22(14-12-20)27(24,25)16-7-8-18(26-2)17(15-16)19(23)21-9-5-3-4-6-10-21/h7-8,15H,3-6,9-14H2,1-2H3. The number of hydrogen-bond acceptors (Lipinski definition) is 5. The molecule has 0 unspecified atom stereocenters. The summed E-state index contributed by atoms with van der Waals surface area (Å²) >= 11 is 1.49. The van der Waals surface area contributed by atoms with Gasteiger partial charge in [-0.3, -0.25) is 4.79 Å². The van der Waals surface area contributed by atoms with Gasteiger partial charge in [-0.2, -0.15) is 4.31 Å². The molecule has 6 nitrogen and oxygen atoms in total. The van der Waals surface area contributed by atoms with Crippen LogP contribution in [0.2, 0.25) is 0 Å². The van der Waals surface area contributed by atoms with E-state index in [0.29, 0.717) is 18.7 Å². The third kappa shape index (κ3) is 4.67. The van der Waals surface area contributed by atoms with Gasteiger partial charge in [0.05, 0.1) is 10.5 Å². The van der Waals surface area contributed by atoms with E-state index in [2.05, 4.69) is 4.90 Å². The van der Waals surface area contributed by atoms with E-state index in [-0.39, 0.29) is 10.8 Å². The third-order valence-electron chi connectivity index (χ3n) is 5.39. The number of benzene rings is 1. The van der Waals surface area contributed by atoms with E-state index >= 15 is 0 Å². The summed E-state index contributed by atoms with van der Waals surface area (Å²) in [4.78, 5) is 18.2.